The lowest BCUT2D eigenvalue weighted by Crippen LogP contribution is -2.37. The average molecular weight is 387 g/mol. The number of aryl methyl sites for hydroxylation is 2. The fourth-order valence-electron chi connectivity index (χ4n) is 3.51. The molecule has 3 rings (SSSR count). The smallest absolute Gasteiger partial charge is 0.254 e. The highest BCUT2D eigenvalue weighted by Crippen LogP contribution is 2.39. The van der Waals surface area contributed by atoms with Crippen molar-refractivity contribution in [3.05, 3.63) is 58.1 Å². The fraction of sp³-hybridized carbons (Fsp3) is 0.333. The minimum Gasteiger partial charge on any atom is -0.492 e. The van der Waals surface area contributed by atoms with Crippen LogP contribution in [-0.2, 0) is 9.59 Å². The molecule has 1 N–H and O–H groups in total. The lowest BCUT2D eigenvalue weighted by atomic mass is 10.0. The molecule has 142 valence electrons. The molecule has 0 spiro atoms. The number of carbonyl (C=O) groups is 2. The Hall–Kier alpha value is -2.53. The van der Waals surface area contributed by atoms with Crippen molar-refractivity contribution in [2.75, 3.05) is 18.1 Å². The molecule has 0 fully saturated rings. The Morgan fingerprint density at radius 1 is 1.26 bits per heavy atom. The van der Waals surface area contributed by atoms with Crippen LogP contribution in [0, 0.1) is 13.8 Å². The molecule has 0 aliphatic carbocycles. The van der Waals surface area contributed by atoms with E-state index in [2.05, 4.69) is 11.4 Å². The number of para-hydroxylation sites is 1. The summed E-state index contributed by atoms with van der Waals surface area (Å²) < 4.78 is 5.72. The molecular formula is C21H23ClN2O3. The zero-order valence-electron chi connectivity index (χ0n) is 15.7. The topological polar surface area (TPSA) is 58.6 Å². The highest BCUT2D eigenvalue weighted by atomic mass is 35.5. The first-order chi connectivity index (χ1) is 12.9. The summed E-state index contributed by atoms with van der Waals surface area (Å²) in [6, 6.07) is 10.7. The Kier molecular flexibility index (Phi) is 5.71. The zero-order valence-corrected chi connectivity index (χ0v) is 16.5. The molecule has 5 nitrogen and oxygen atoms in total. The van der Waals surface area contributed by atoms with E-state index in [1.54, 1.807) is 11.0 Å². The summed E-state index contributed by atoms with van der Waals surface area (Å²) in [5.41, 5.74) is 3.85. The maximum absolute atomic E-state index is 12.9. The Morgan fingerprint density at radius 3 is 2.70 bits per heavy atom. The number of nitrogens with zero attached hydrogens (tertiary/aromatic N) is 1. The van der Waals surface area contributed by atoms with Crippen LogP contribution in [0.1, 0.15) is 36.1 Å². The number of anilines is 1. The molecular weight excluding hydrogens is 364 g/mol. The number of rotatable bonds is 6. The van der Waals surface area contributed by atoms with Crippen LogP contribution >= 0.6 is 11.6 Å². The molecule has 2 aromatic rings. The highest BCUT2D eigenvalue weighted by Gasteiger charge is 2.38. The van der Waals surface area contributed by atoms with Gasteiger partial charge in [0.25, 0.3) is 5.91 Å². The number of fused-ring (bicyclic) bond motifs is 1. The predicted molar refractivity (Wildman–Crippen MR) is 106 cm³/mol. The Bertz CT molecular complexity index is 882. The van der Waals surface area contributed by atoms with Crippen molar-refractivity contribution in [3.8, 4) is 5.75 Å². The van der Waals surface area contributed by atoms with Gasteiger partial charge in [-0.2, -0.15) is 0 Å². The van der Waals surface area contributed by atoms with Gasteiger partial charge >= 0.3 is 0 Å². The molecule has 1 aliphatic heterocycles. The SMILES string of the molecule is CC(=O)N[C@H]1C(=O)N(CCCOc2ccccc2Cl)c2c(C)cc(C)cc21. The second kappa shape index (κ2) is 8.01. The summed E-state index contributed by atoms with van der Waals surface area (Å²) in [4.78, 5) is 26.2. The number of nitrogens with one attached hydrogen (secondary N) is 1. The molecule has 1 atom stereocenters. The van der Waals surface area contributed by atoms with E-state index in [1.807, 2.05) is 38.1 Å². The van der Waals surface area contributed by atoms with Crippen LogP contribution in [0.4, 0.5) is 5.69 Å². The number of hydrogen-bond acceptors (Lipinski definition) is 3. The van der Waals surface area contributed by atoms with Gasteiger partial charge in [-0.1, -0.05) is 41.4 Å². The minimum atomic E-state index is -0.624. The van der Waals surface area contributed by atoms with Crippen molar-refractivity contribution in [2.24, 2.45) is 0 Å². The van der Waals surface area contributed by atoms with Crippen LogP contribution in [0.2, 0.25) is 5.02 Å². The quantitative estimate of drug-likeness (QED) is 0.765. The van der Waals surface area contributed by atoms with E-state index in [9.17, 15) is 9.59 Å². The lowest BCUT2D eigenvalue weighted by molar-refractivity contribution is -0.126. The predicted octanol–water partition coefficient (Wildman–Crippen LogP) is 3.95. The van der Waals surface area contributed by atoms with E-state index in [0.29, 0.717) is 30.3 Å². The number of benzene rings is 2. The number of amides is 2. The summed E-state index contributed by atoms with van der Waals surface area (Å²) in [5.74, 6) is 0.309. The van der Waals surface area contributed by atoms with Crippen molar-refractivity contribution in [3.63, 3.8) is 0 Å². The number of hydrogen-bond donors (Lipinski definition) is 1. The molecule has 6 heteroatoms. The first kappa shape index (κ1) is 19.2. The van der Waals surface area contributed by atoms with Gasteiger partial charge < -0.3 is 15.0 Å². The third-order valence-electron chi connectivity index (χ3n) is 4.54. The summed E-state index contributed by atoms with van der Waals surface area (Å²) in [5, 5.41) is 3.34. The van der Waals surface area contributed by atoms with Crippen molar-refractivity contribution < 1.29 is 14.3 Å². The molecule has 0 unspecified atom stereocenters. The summed E-state index contributed by atoms with van der Waals surface area (Å²) in [6.45, 7) is 6.36. The van der Waals surface area contributed by atoms with E-state index < -0.39 is 6.04 Å². The van der Waals surface area contributed by atoms with Crippen LogP contribution < -0.4 is 15.0 Å². The standard InChI is InChI=1S/C21H23ClN2O3/c1-13-11-14(2)20-16(12-13)19(23-15(3)25)21(26)24(20)9-6-10-27-18-8-5-4-7-17(18)22/h4-5,7-8,11-12,19H,6,9-10H2,1-3H3,(H,23,25)/t19-/m1/s1. The Labute approximate surface area is 164 Å². The number of ether oxygens (including phenoxy) is 1. The van der Waals surface area contributed by atoms with Gasteiger partial charge in [0.05, 0.1) is 17.3 Å². The van der Waals surface area contributed by atoms with E-state index in [4.69, 9.17) is 16.3 Å². The zero-order chi connectivity index (χ0) is 19.6. The highest BCUT2D eigenvalue weighted by molar-refractivity contribution is 6.32. The third-order valence-corrected chi connectivity index (χ3v) is 4.85. The second-order valence-corrected chi connectivity index (χ2v) is 7.18. The van der Waals surface area contributed by atoms with Gasteiger partial charge in [-0.15, -0.1) is 0 Å². The second-order valence-electron chi connectivity index (χ2n) is 6.78. The summed E-state index contributed by atoms with van der Waals surface area (Å²) >= 11 is 6.09. The molecule has 1 aliphatic rings. The van der Waals surface area contributed by atoms with Crippen LogP contribution in [0.15, 0.2) is 36.4 Å². The molecule has 0 bridgehead atoms. The van der Waals surface area contributed by atoms with Crippen LogP contribution in [0.3, 0.4) is 0 Å². The Morgan fingerprint density at radius 2 is 2.00 bits per heavy atom. The first-order valence-corrected chi connectivity index (χ1v) is 9.33. The van der Waals surface area contributed by atoms with Crippen molar-refractivity contribution >= 4 is 29.1 Å². The molecule has 0 aromatic heterocycles. The number of halogens is 1. The molecule has 0 radical (unpaired) electrons. The van der Waals surface area contributed by atoms with Crippen molar-refractivity contribution in [2.45, 2.75) is 33.2 Å². The molecule has 1 heterocycles. The Balaban J connectivity index is 1.73. The van der Waals surface area contributed by atoms with E-state index in [1.165, 1.54) is 6.92 Å². The third kappa shape index (κ3) is 4.08. The lowest BCUT2D eigenvalue weighted by Gasteiger charge is -2.20. The summed E-state index contributed by atoms with van der Waals surface area (Å²) in [6.07, 6.45) is 0.649. The molecule has 27 heavy (non-hydrogen) atoms. The van der Waals surface area contributed by atoms with Gasteiger partial charge in [-0.05, 0) is 38.0 Å². The fourth-order valence-corrected chi connectivity index (χ4v) is 3.70. The maximum atomic E-state index is 12.9. The van der Waals surface area contributed by atoms with Crippen molar-refractivity contribution in [1.29, 1.82) is 0 Å². The largest absolute Gasteiger partial charge is 0.492 e. The van der Waals surface area contributed by atoms with Gasteiger partial charge in [0.15, 0.2) is 0 Å². The first-order valence-electron chi connectivity index (χ1n) is 8.95. The molecule has 2 amide bonds. The average Bonchev–Trinajstić information content (AvgIpc) is 2.85. The molecule has 2 aromatic carbocycles. The summed E-state index contributed by atoms with van der Waals surface area (Å²) in [7, 11) is 0. The normalized spacial score (nSPS) is 15.6. The van der Waals surface area contributed by atoms with Crippen molar-refractivity contribution in [1.82, 2.24) is 5.32 Å². The van der Waals surface area contributed by atoms with E-state index in [-0.39, 0.29) is 11.8 Å². The van der Waals surface area contributed by atoms with Gasteiger partial charge in [0.2, 0.25) is 5.91 Å². The van der Waals surface area contributed by atoms with Gasteiger partial charge in [0, 0.05) is 19.0 Å². The maximum Gasteiger partial charge on any atom is 0.254 e. The van der Waals surface area contributed by atoms with E-state index >= 15 is 0 Å². The van der Waals surface area contributed by atoms with Gasteiger partial charge in [-0.3, -0.25) is 9.59 Å². The monoisotopic (exact) mass is 386 g/mol. The van der Waals surface area contributed by atoms with Crippen LogP contribution in [0.5, 0.6) is 5.75 Å². The van der Waals surface area contributed by atoms with Gasteiger partial charge in [-0.25, -0.2) is 0 Å². The number of carbonyl (C=O) groups excluding carboxylic acids is 2. The van der Waals surface area contributed by atoms with Crippen LogP contribution in [-0.4, -0.2) is 25.0 Å². The molecule has 0 saturated heterocycles. The molecule has 0 saturated carbocycles. The van der Waals surface area contributed by atoms with E-state index in [0.717, 1.165) is 22.4 Å². The van der Waals surface area contributed by atoms with Gasteiger partial charge in [0.1, 0.15) is 11.8 Å². The minimum absolute atomic E-state index is 0.105. The van der Waals surface area contributed by atoms with Crippen LogP contribution in [0.25, 0.3) is 0 Å².